The number of hydrogen-bond acceptors (Lipinski definition) is 4. The van der Waals surface area contributed by atoms with Gasteiger partial charge in [-0.05, 0) is 26.0 Å². The Hall–Kier alpha value is -2.24. The summed E-state index contributed by atoms with van der Waals surface area (Å²) in [5.41, 5.74) is 0.994. The second-order valence-electron chi connectivity index (χ2n) is 6.41. The summed E-state index contributed by atoms with van der Waals surface area (Å²) in [6.07, 6.45) is -0.886. The number of benzene rings is 1. The third kappa shape index (κ3) is 2.38. The number of carbonyl (C=O) groups is 2. The highest BCUT2D eigenvalue weighted by atomic mass is 16.5. The Morgan fingerprint density at radius 2 is 1.91 bits per heavy atom. The summed E-state index contributed by atoms with van der Waals surface area (Å²) >= 11 is 0. The minimum Gasteiger partial charge on any atom is -0.490 e. The smallest absolute Gasteiger partial charge is 0.407 e. The van der Waals surface area contributed by atoms with E-state index in [1.165, 1.54) is 4.90 Å². The van der Waals surface area contributed by atoms with Crippen molar-refractivity contribution in [2.24, 2.45) is 5.41 Å². The number of anilines is 1. The average Bonchev–Trinajstić information content (AvgIpc) is 2.51. The van der Waals surface area contributed by atoms with E-state index in [1.54, 1.807) is 6.07 Å². The van der Waals surface area contributed by atoms with Gasteiger partial charge in [-0.1, -0.05) is 6.07 Å². The molecule has 6 nitrogen and oxygen atoms in total. The van der Waals surface area contributed by atoms with Crippen LogP contribution in [0.15, 0.2) is 18.2 Å². The predicted molar refractivity (Wildman–Crippen MR) is 81.9 cm³/mol. The van der Waals surface area contributed by atoms with Crippen LogP contribution in [0.2, 0.25) is 0 Å². The van der Waals surface area contributed by atoms with Gasteiger partial charge in [0.25, 0.3) is 0 Å². The van der Waals surface area contributed by atoms with Crippen LogP contribution in [-0.4, -0.2) is 54.7 Å². The molecule has 0 bridgehead atoms. The first-order valence-electron chi connectivity index (χ1n) is 7.43. The number of amides is 1. The molecule has 2 aliphatic rings. The number of ketones is 1. The third-order valence-electron chi connectivity index (χ3n) is 4.32. The molecule has 1 N–H and O–H groups in total. The minimum absolute atomic E-state index is 0.0970. The molecule has 22 heavy (non-hydrogen) atoms. The Morgan fingerprint density at radius 1 is 1.23 bits per heavy atom. The molecule has 118 valence electrons. The predicted octanol–water partition coefficient (Wildman–Crippen LogP) is 2.09. The molecule has 0 radical (unpaired) electrons. The number of ether oxygens (including phenoxy) is 1. The van der Waals surface area contributed by atoms with Gasteiger partial charge in [0.1, 0.15) is 6.61 Å². The molecule has 1 aromatic carbocycles. The molecule has 1 fully saturated rings. The minimum atomic E-state index is -0.886. The maximum Gasteiger partial charge on any atom is 0.407 e. The molecule has 0 saturated carbocycles. The van der Waals surface area contributed by atoms with Crippen LogP contribution in [0.4, 0.5) is 10.5 Å². The summed E-state index contributed by atoms with van der Waals surface area (Å²) in [6.45, 7) is 6.25. The molecular formula is C16H20N2O4. The molecule has 2 heterocycles. The molecular weight excluding hydrogens is 284 g/mol. The first-order valence-corrected chi connectivity index (χ1v) is 7.43. The van der Waals surface area contributed by atoms with Crippen LogP contribution < -0.4 is 9.64 Å². The normalized spacial score (nSPS) is 20.4. The van der Waals surface area contributed by atoms with E-state index in [0.717, 1.165) is 5.69 Å². The number of Topliss-reactive ketones (excluding diaryl/α,β-unsaturated/α-hetero) is 1. The van der Waals surface area contributed by atoms with Crippen molar-refractivity contribution in [1.29, 1.82) is 0 Å². The Labute approximate surface area is 129 Å². The Balaban J connectivity index is 1.87. The van der Waals surface area contributed by atoms with E-state index in [0.29, 0.717) is 44.1 Å². The summed E-state index contributed by atoms with van der Waals surface area (Å²) in [6, 6.07) is 5.59. The second kappa shape index (κ2) is 5.19. The third-order valence-corrected chi connectivity index (χ3v) is 4.32. The molecule has 2 aliphatic heterocycles. The van der Waals surface area contributed by atoms with Crippen LogP contribution in [0.5, 0.6) is 5.75 Å². The first kappa shape index (κ1) is 14.7. The van der Waals surface area contributed by atoms with E-state index >= 15 is 0 Å². The maximum absolute atomic E-state index is 12.5. The van der Waals surface area contributed by atoms with Crippen LogP contribution in [0.3, 0.4) is 0 Å². The summed E-state index contributed by atoms with van der Waals surface area (Å²) in [4.78, 5) is 27.0. The highest BCUT2D eigenvalue weighted by Crippen LogP contribution is 2.40. The van der Waals surface area contributed by atoms with E-state index in [2.05, 4.69) is 4.90 Å². The van der Waals surface area contributed by atoms with Crippen molar-refractivity contribution in [3.8, 4) is 5.75 Å². The number of para-hydroxylation sites is 1. The van der Waals surface area contributed by atoms with Gasteiger partial charge in [-0.25, -0.2) is 4.79 Å². The first-order chi connectivity index (χ1) is 10.4. The van der Waals surface area contributed by atoms with Gasteiger partial charge in [-0.3, -0.25) is 4.79 Å². The lowest BCUT2D eigenvalue weighted by atomic mass is 9.82. The number of piperazine rings is 1. The number of fused-ring (bicyclic) bond motifs is 1. The lowest BCUT2D eigenvalue weighted by molar-refractivity contribution is 0.0693. The molecule has 1 saturated heterocycles. The summed E-state index contributed by atoms with van der Waals surface area (Å²) in [5, 5.41) is 9.02. The SMILES string of the molecule is CC1(C)COc2c(cccc2N2CCN(C(=O)O)CC2)C1=O. The van der Waals surface area contributed by atoms with Crippen LogP contribution >= 0.6 is 0 Å². The van der Waals surface area contributed by atoms with Gasteiger partial charge in [-0.15, -0.1) is 0 Å². The van der Waals surface area contributed by atoms with Gasteiger partial charge in [0, 0.05) is 26.2 Å². The molecule has 1 aromatic rings. The van der Waals surface area contributed by atoms with Crippen molar-refractivity contribution in [1.82, 2.24) is 4.90 Å². The fourth-order valence-electron chi connectivity index (χ4n) is 2.93. The zero-order chi connectivity index (χ0) is 15.9. The van der Waals surface area contributed by atoms with Gasteiger partial charge < -0.3 is 19.6 Å². The quantitative estimate of drug-likeness (QED) is 0.860. The largest absolute Gasteiger partial charge is 0.490 e. The Kier molecular flexibility index (Phi) is 3.47. The molecule has 0 aliphatic carbocycles. The summed E-state index contributed by atoms with van der Waals surface area (Å²) in [5.74, 6) is 0.732. The van der Waals surface area contributed by atoms with Crippen molar-refractivity contribution in [2.75, 3.05) is 37.7 Å². The molecule has 0 spiro atoms. The number of nitrogens with zero attached hydrogens (tertiary/aromatic N) is 2. The molecule has 6 heteroatoms. The number of rotatable bonds is 1. The summed E-state index contributed by atoms with van der Waals surface area (Å²) < 4.78 is 5.88. The maximum atomic E-state index is 12.5. The van der Waals surface area contributed by atoms with Gasteiger partial charge >= 0.3 is 6.09 Å². The van der Waals surface area contributed by atoms with Crippen molar-refractivity contribution >= 4 is 17.6 Å². The Morgan fingerprint density at radius 3 is 2.55 bits per heavy atom. The average molecular weight is 304 g/mol. The molecule has 0 atom stereocenters. The zero-order valence-corrected chi connectivity index (χ0v) is 12.8. The van der Waals surface area contributed by atoms with E-state index in [4.69, 9.17) is 9.84 Å². The molecule has 0 aromatic heterocycles. The summed E-state index contributed by atoms with van der Waals surface area (Å²) in [7, 11) is 0. The van der Waals surface area contributed by atoms with Crippen molar-refractivity contribution in [3.05, 3.63) is 23.8 Å². The van der Waals surface area contributed by atoms with Gasteiger partial charge in [0.15, 0.2) is 11.5 Å². The van der Waals surface area contributed by atoms with Gasteiger partial charge in [-0.2, -0.15) is 0 Å². The fraction of sp³-hybridized carbons (Fsp3) is 0.500. The molecule has 1 amide bonds. The number of carboxylic acid groups (broad SMARTS) is 1. The van der Waals surface area contributed by atoms with Crippen molar-refractivity contribution in [3.63, 3.8) is 0 Å². The van der Waals surface area contributed by atoms with E-state index < -0.39 is 11.5 Å². The van der Waals surface area contributed by atoms with Crippen molar-refractivity contribution < 1.29 is 19.4 Å². The standard InChI is InChI=1S/C16H20N2O4/c1-16(2)10-22-13-11(14(16)19)4-3-5-12(13)17-6-8-18(9-7-17)15(20)21/h3-5H,6-10H2,1-2H3,(H,20,21). The van der Waals surface area contributed by atoms with Gasteiger partial charge in [0.2, 0.25) is 0 Å². The van der Waals surface area contributed by atoms with Crippen molar-refractivity contribution in [2.45, 2.75) is 13.8 Å². The lowest BCUT2D eigenvalue weighted by Crippen LogP contribution is -2.48. The van der Waals surface area contributed by atoms with Crippen LogP contribution in [0, 0.1) is 5.41 Å². The monoisotopic (exact) mass is 304 g/mol. The second-order valence-corrected chi connectivity index (χ2v) is 6.41. The van der Waals surface area contributed by atoms with Crippen LogP contribution in [0.25, 0.3) is 0 Å². The van der Waals surface area contributed by atoms with E-state index in [1.807, 2.05) is 26.0 Å². The molecule has 0 unspecified atom stereocenters. The Bertz CT molecular complexity index is 619. The zero-order valence-electron chi connectivity index (χ0n) is 12.8. The van der Waals surface area contributed by atoms with Gasteiger partial charge in [0.05, 0.1) is 16.7 Å². The highest BCUT2D eigenvalue weighted by Gasteiger charge is 2.37. The number of hydrogen-bond donors (Lipinski definition) is 1. The highest BCUT2D eigenvalue weighted by molar-refractivity contribution is 6.05. The van der Waals surface area contributed by atoms with E-state index in [9.17, 15) is 9.59 Å². The fourth-order valence-corrected chi connectivity index (χ4v) is 2.93. The van der Waals surface area contributed by atoms with E-state index in [-0.39, 0.29) is 5.78 Å². The molecule has 3 rings (SSSR count). The number of carbonyl (C=O) groups excluding carboxylic acids is 1. The van der Waals surface area contributed by atoms with Crippen LogP contribution in [-0.2, 0) is 0 Å². The van der Waals surface area contributed by atoms with Crippen LogP contribution in [0.1, 0.15) is 24.2 Å². The topological polar surface area (TPSA) is 70.1 Å². The lowest BCUT2D eigenvalue weighted by Gasteiger charge is -2.37.